The first-order chi connectivity index (χ1) is 7.31. The number of halogens is 1. The molecule has 1 aliphatic rings. The topological polar surface area (TPSA) is 47.9 Å². The Kier molecular flexibility index (Phi) is 3.22. The zero-order chi connectivity index (χ0) is 10.7. The van der Waals surface area contributed by atoms with E-state index in [2.05, 4.69) is 16.7 Å². The summed E-state index contributed by atoms with van der Waals surface area (Å²) in [7, 11) is 0. The van der Waals surface area contributed by atoms with Crippen LogP contribution in [0.15, 0.2) is 18.2 Å². The van der Waals surface area contributed by atoms with Gasteiger partial charge in [-0.3, -0.25) is 0 Å². The molecule has 0 saturated carbocycles. The van der Waals surface area contributed by atoms with Crippen LogP contribution in [0, 0.1) is 11.3 Å². The molecule has 4 heteroatoms. The maximum atomic E-state index is 9.02. The minimum Gasteiger partial charge on any atom is -0.314 e. The lowest BCUT2D eigenvalue weighted by Gasteiger charge is -2.25. The summed E-state index contributed by atoms with van der Waals surface area (Å²) in [4.78, 5) is 0. The monoisotopic (exact) mass is 221 g/mol. The number of hydrogen-bond donors (Lipinski definition) is 2. The second kappa shape index (κ2) is 4.63. The first-order valence-electron chi connectivity index (χ1n) is 4.95. The summed E-state index contributed by atoms with van der Waals surface area (Å²) in [5, 5.41) is 16.3. The highest BCUT2D eigenvalue weighted by atomic mass is 35.5. The fourth-order valence-electron chi connectivity index (χ4n) is 1.80. The predicted octanol–water partition coefficient (Wildman–Crippen LogP) is 1.45. The summed E-state index contributed by atoms with van der Waals surface area (Å²) < 4.78 is 0. The van der Waals surface area contributed by atoms with E-state index >= 15 is 0 Å². The Bertz CT molecular complexity index is 391. The molecule has 0 aromatic heterocycles. The second-order valence-corrected chi connectivity index (χ2v) is 3.99. The Labute approximate surface area is 94.0 Å². The van der Waals surface area contributed by atoms with Crippen LogP contribution in [0.1, 0.15) is 17.2 Å². The number of rotatable bonds is 1. The number of hydrogen-bond acceptors (Lipinski definition) is 3. The van der Waals surface area contributed by atoms with Crippen molar-refractivity contribution >= 4 is 11.6 Å². The first-order valence-corrected chi connectivity index (χ1v) is 5.32. The van der Waals surface area contributed by atoms with Gasteiger partial charge in [-0.1, -0.05) is 17.7 Å². The molecule has 0 radical (unpaired) electrons. The van der Waals surface area contributed by atoms with E-state index in [0.717, 1.165) is 25.2 Å². The molecule has 0 bridgehead atoms. The summed E-state index contributed by atoms with van der Waals surface area (Å²) in [5.41, 5.74) is 1.68. The third-order valence-electron chi connectivity index (χ3n) is 2.55. The number of benzene rings is 1. The van der Waals surface area contributed by atoms with Gasteiger partial charge >= 0.3 is 0 Å². The van der Waals surface area contributed by atoms with Gasteiger partial charge < -0.3 is 10.6 Å². The smallest absolute Gasteiger partial charge is 0.0995 e. The predicted molar refractivity (Wildman–Crippen MR) is 59.8 cm³/mol. The minimum absolute atomic E-state index is 0.214. The standard InChI is InChI=1S/C11H12ClN3/c12-9-1-2-10(8(5-9)6-13)11-7-14-3-4-15-11/h1-2,5,11,14-15H,3-4,7H2. The van der Waals surface area contributed by atoms with E-state index in [0.29, 0.717) is 10.6 Å². The largest absolute Gasteiger partial charge is 0.314 e. The Balaban J connectivity index is 2.30. The Morgan fingerprint density at radius 1 is 1.40 bits per heavy atom. The van der Waals surface area contributed by atoms with Crippen molar-refractivity contribution in [3.05, 3.63) is 34.3 Å². The molecule has 1 aromatic carbocycles. The van der Waals surface area contributed by atoms with Crippen LogP contribution >= 0.6 is 11.6 Å². The minimum atomic E-state index is 0.214. The third kappa shape index (κ3) is 2.29. The van der Waals surface area contributed by atoms with Gasteiger partial charge in [-0.25, -0.2) is 0 Å². The van der Waals surface area contributed by atoms with Crippen LogP contribution in [0.25, 0.3) is 0 Å². The highest BCUT2D eigenvalue weighted by Crippen LogP contribution is 2.21. The molecule has 0 aliphatic carbocycles. The van der Waals surface area contributed by atoms with E-state index in [4.69, 9.17) is 16.9 Å². The van der Waals surface area contributed by atoms with Gasteiger partial charge in [0.1, 0.15) is 0 Å². The van der Waals surface area contributed by atoms with Crippen LogP contribution in [0.4, 0.5) is 0 Å². The fourth-order valence-corrected chi connectivity index (χ4v) is 1.97. The molecule has 1 aromatic rings. The highest BCUT2D eigenvalue weighted by Gasteiger charge is 2.17. The van der Waals surface area contributed by atoms with Crippen molar-refractivity contribution in [1.82, 2.24) is 10.6 Å². The molecule has 1 aliphatic heterocycles. The van der Waals surface area contributed by atoms with Gasteiger partial charge in [-0.15, -0.1) is 0 Å². The molecule has 1 saturated heterocycles. The van der Waals surface area contributed by atoms with E-state index in [-0.39, 0.29) is 6.04 Å². The van der Waals surface area contributed by atoms with Crippen molar-refractivity contribution in [2.75, 3.05) is 19.6 Å². The van der Waals surface area contributed by atoms with Crippen LogP contribution in [0.3, 0.4) is 0 Å². The zero-order valence-electron chi connectivity index (χ0n) is 8.26. The number of piperazine rings is 1. The highest BCUT2D eigenvalue weighted by molar-refractivity contribution is 6.30. The lowest BCUT2D eigenvalue weighted by molar-refractivity contribution is 0.430. The molecular weight excluding hydrogens is 210 g/mol. The molecular formula is C11H12ClN3. The Morgan fingerprint density at radius 3 is 2.93 bits per heavy atom. The molecule has 1 fully saturated rings. The van der Waals surface area contributed by atoms with E-state index in [9.17, 15) is 0 Å². The van der Waals surface area contributed by atoms with E-state index in [1.54, 1.807) is 6.07 Å². The molecule has 2 rings (SSSR count). The van der Waals surface area contributed by atoms with E-state index < -0.39 is 0 Å². The summed E-state index contributed by atoms with van der Waals surface area (Å²) in [6.07, 6.45) is 0. The summed E-state index contributed by atoms with van der Waals surface area (Å²) in [5.74, 6) is 0. The Hall–Kier alpha value is -1.08. The molecule has 2 N–H and O–H groups in total. The van der Waals surface area contributed by atoms with Crippen LogP contribution in [-0.4, -0.2) is 19.6 Å². The van der Waals surface area contributed by atoms with E-state index in [1.165, 1.54) is 0 Å². The second-order valence-electron chi connectivity index (χ2n) is 3.55. The fraction of sp³-hybridized carbons (Fsp3) is 0.364. The average Bonchev–Trinajstić information content (AvgIpc) is 2.30. The van der Waals surface area contributed by atoms with Crippen LogP contribution < -0.4 is 10.6 Å². The van der Waals surface area contributed by atoms with Gasteiger partial charge in [0.15, 0.2) is 0 Å². The van der Waals surface area contributed by atoms with Crippen molar-refractivity contribution < 1.29 is 0 Å². The van der Waals surface area contributed by atoms with Crippen molar-refractivity contribution in [3.63, 3.8) is 0 Å². The molecule has 1 atom stereocenters. The van der Waals surface area contributed by atoms with Crippen molar-refractivity contribution in [2.24, 2.45) is 0 Å². The molecule has 15 heavy (non-hydrogen) atoms. The summed E-state index contributed by atoms with van der Waals surface area (Å²) in [6.45, 7) is 2.76. The summed E-state index contributed by atoms with van der Waals surface area (Å²) >= 11 is 5.85. The molecule has 0 spiro atoms. The SMILES string of the molecule is N#Cc1cc(Cl)ccc1C1CNCCN1. The van der Waals surface area contributed by atoms with Crippen molar-refractivity contribution in [3.8, 4) is 6.07 Å². The van der Waals surface area contributed by atoms with Crippen LogP contribution in [0.2, 0.25) is 5.02 Å². The number of nitrogens with zero attached hydrogens (tertiary/aromatic N) is 1. The van der Waals surface area contributed by atoms with Crippen LogP contribution in [0.5, 0.6) is 0 Å². The molecule has 3 nitrogen and oxygen atoms in total. The van der Waals surface area contributed by atoms with Crippen LogP contribution in [-0.2, 0) is 0 Å². The van der Waals surface area contributed by atoms with Gasteiger partial charge in [-0.05, 0) is 17.7 Å². The third-order valence-corrected chi connectivity index (χ3v) is 2.79. The molecule has 78 valence electrons. The molecule has 0 amide bonds. The van der Waals surface area contributed by atoms with Gasteiger partial charge in [0.25, 0.3) is 0 Å². The first kappa shape index (κ1) is 10.4. The van der Waals surface area contributed by atoms with Crippen molar-refractivity contribution in [2.45, 2.75) is 6.04 Å². The molecule has 1 heterocycles. The number of nitrogens with one attached hydrogen (secondary N) is 2. The maximum absolute atomic E-state index is 9.02. The molecule has 1 unspecified atom stereocenters. The summed E-state index contributed by atoms with van der Waals surface area (Å²) in [6, 6.07) is 7.86. The van der Waals surface area contributed by atoms with Gasteiger partial charge in [-0.2, -0.15) is 5.26 Å². The van der Waals surface area contributed by atoms with E-state index in [1.807, 2.05) is 12.1 Å². The normalized spacial score (nSPS) is 20.9. The maximum Gasteiger partial charge on any atom is 0.0995 e. The van der Waals surface area contributed by atoms with Gasteiger partial charge in [0, 0.05) is 30.7 Å². The lowest BCUT2D eigenvalue weighted by Crippen LogP contribution is -2.42. The zero-order valence-corrected chi connectivity index (χ0v) is 9.01. The van der Waals surface area contributed by atoms with Gasteiger partial charge in [0.05, 0.1) is 11.6 Å². The quantitative estimate of drug-likeness (QED) is 0.755. The van der Waals surface area contributed by atoms with Gasteiger partial charge in [0.2, 0.25) is 0 Å². The Morgan fingerprint density at radius 2 is 2.27 bits per heavy atom. The number of nitriles is 1. The van der Waals surface area contributed by atoms with Crippen molar-refractivity contribution in [1.29, 1.82) is 5.26 Å². The lowest BCUT2D eigenvalue weighted by atomic mass is 10.00. The average molecular weight is 222 g/mol.